The van der Waals surface area contributed by atoms with Crippen molar-refractivity contribution in [3.8, 4) is 11.1 Å². The molecule has 4 aromatic rings. The lowest BCUT2D eigenvalue weighted by atomic mass is 10.1. The Balaban J connectivity index is 1.72. The minimum absolute atomic E-state index is 0.0358. The number of benzene rings is 2. The maximum atomic E-state index is 14.4. The fourth-order valence-electron chi connectivity index (χ4n) is 2.87. The van der Waals surface area contributed by atoms with Crippen LogP contribution in [0.2, 0.25) is 5.02 Å². The number of nitrogens with zero attached hydrogens (tertiary/aromatic N) is 1. The third kappa shape index (κ3) is 3.70. The average molecular weight is 447 g/mol. The van der Waals surface area contributed by atoms with E-state index >= 15 is 0 Å². The number of hydrogen-bond donors (Lipinski definition) is 3. The van der Waals surface area contributed by atoms with E-state index in [0.29, 0.717) is 5.56 Å². The molecular weight excluding hydrogens is 435 g/mol. The Labute approximate surface area is 173 Å². The number of aromatic amines is 2. The van der Waals surface area contributed by atoms with Gasteiger partial charge in [0, 0.05) is 29.6 Å². The predicted octanol–water partition coefficient (Wildman–Crippen LogP) is 2.87. The second kappa shape index (κ2) is 7.39. The van der Waals surface area contributed by atoms with Gasteiger partial charge in [0.15, 0.2) is 0 Å². The van der Waals surface area contributed by atoms with E-state index in [9.17, 15) is 22.4 Å². The minimum atomic E-state index is -4.36. The number of aromatic nitrogens is 3. The molecule has 0 fully saturated rings. The Bertz CT molecular complexity index is 1500. The van der Waals surface area contributed by atoms with Gasteiger partial charge >= 0.3 is 11.1 Å². The van der Waals surface area contributed by atoms with Crippen molar-refractivity contribution in [1.29, 1.82) is 0 Å². The summed E-state index contributed by atoms with van der Waals surface area (Å²) in [6, 6.07) is 9.76. The zero-order valence-corrected chi connectivity index (χ0v) is 16.5. The van der Waals surface area contributed by atoms with Crippen molar-refractivity contribution in [3.05, 3.63) is 86.4 Å². The molecule has 152 valence electrons. The van der Waals surface area contributed by atoms with Gasteiger partial charge < -0.3 is 9.97 Å². The molecule has 3 N–H and O–H groups in total. The van der Waals surface area contributed by atoms with E-state index in [1.54, 1.807) is 30.6 Å². The summed E-state index contributed by atoms with van der Waals surface area (Å²) in [5.74, 6) is -1.10. The Morgan fingerprint density at radius 2 is 1.70 bits per heavy atom. The number of hydrogen-bond acceptors (Lipinski definition) is 5. The third-order valence-corrected chi connectivity index (χ3v) is 5.97. The topological polar surface area (TPSA) is 125 Å². The summed E-state index contributed by atoms with van der Waals surface area (Å²) in [6.07, 6.45) is 3.22. The lowest BCUT2D eigenvalue weighted by Crippen LogP contribution is -2.29. The number of sulfonamides is 1. The van der Waals surface area contributed by atoms with E-state index in [2.05, 4.69) is 19.7 Å². The van der Waals surface area contributed by atoms with Crippen molar-refractivity contribution in [1.82, 2.24) is 15.0 Å². The van der Waals surface area contributed by atoms with Crippen LogP contribution in [0.1, 0.15) is 0 Å². The van der Waals surface area contributed by atoms with Crippen LogP contribution in [0.15, 0.2) is 69.3 Å². The first-order chi connectivity index (χ1) is 14.2. The van der Waals surface area contributed by atoms with Gasteiger partial charge in [-0.15, -0.1) is 0 Å². The van der Waals surface area contributed by atoms with E-state index in [4.69, 9.17) is 11.6 Å². The van der Waals surface area contributed by atoms with Crippen molar-refractivity contribution < 1.29 is 12.8 Å². The Hall–Kier alpha value is -3.50. The van der Waals surface area contributed by atoms with Crippen LogP contribution in [0.5, 0.6) is 0 Å². The van der Waals surface area contributed by atoms with Crippen LogP contribution >= 0.6 is 11.6 Å². The predicted molar refractivity (Wildman–Crippen MR) is 111 cm³/mol. The number of rotatable bonds is 4. The van der Waals surface area contributed by atoms with Crippen LogP contribution in [0.3, 0.4) is 0 Å². The first-order valence-corrected chi connectivity index (χ1v) is 10.3. The molecule has 0 aliphatic heterocycles. The molecule has 0 atom stereocenters. The minimum Gasteiger partial charge on any atom is -0.316 e. The molecule has 2 aromatic heterocycles. The highest BCUT2D eigenvalue weighted by Gasteiger charge is 2.21. The molecule has 0 spiro atoms. The van der Waals surface area contributed by atoms with Gasteiger partial charge in [-0.25, -0.2) is 12.8 Å². The van der Waals surface area contributed by atoms with Crippen molar-refractivity contribution in [3.63, 3.8) is 0 Å². The van der Waals surface area contributed by atoms with E-state index in [-0.39, 0.29) is 21.7 Å². The molecule has 0 amide bonds. The van der Waals surface area contributed by atoms with E-state index in [0.717, 1.165) is 17.7 Å². The monoisotopic (exact) mass is 446 g/mol. The van der Waals surface area contributed by atoms with Gasteiger partial charge in [-0.2, -0.15) is 0 Å². The Morgan fingerprint density at radius 3 is 2.33 bits per heavy atom. The van der Waals surface area contributed by atoms with Gasteiger partial charge in [0.25, 0.3) is 10.0 Å². The Morgan fingerprint density at radius 1 is 1.00 bits per heavy atom. The second-order valence-electron chi connectivity index (χ2n) is 6.28. The van der Waals surface area contributed by atoms with Gasteiger partial charge in [0.1, 0.15) is 10.7 Å². The quantitative estimate of drug-likeness (QED) is 0.416. The fraction of sp³-hybridized carbons (Fsp3) is 0. The lowest BCUT2D eigenvalue weighted by Gasteiger charge is -2.12. The van der Waals surface area contributed by atoms with E-state index in [1.165, 1.54) is 12.1 Å². The second-order valence-corrected chi connectivity index (χ2v) is 8.34. The number of halogens is 2. The van der Waals surface area contributed by atoms with Crippen molar-refractivity contribution in [2.24, 2.45) is 0 Å². The van der Waals surface area contributed by atoms with E-state index < -0.39 is 31.9 Å². The SMILES string of the molecule is O=c1[nH]c2cc(F)c(S(=O)(=O)Nc3ccc(-c4cccnc4)c(Cl)c3)cc2[nH]c1=O. The molecule has 0 aliphatic rings. The smallest absolute Gasteiger partial charge is 0.314 e. The van der Waals surface area contributed by atoms with Crippen LogP contribution < -0.4 is 15.8 Å². The first-order valence-electron chi connectivity index (χ1n) is 8.43. The molecule has 0 saturated heterocycles. The molecule has 30 heavy (non-hydrogen) atoms. The van der Waals surface area contributed by atoms with Gasteiger partial charge in [-0.05, 0) is 24.3 Å². The molecule has 0 radical (unpaired) electrons. The molecule has 0 saturated carbocycles. The lowest BCUT2D eigenvalue weighted by molar-refractivity contribution is 0.571. The first kappa shape index (κ1) is 19.8. The number of fused-ring (bicyclic) bond motifs is 1. The molecule has 0 bridgehead atoms. The zero-order valence-electron chi connectivity index (χ0n) is 14.9. The summed E-state index contributed by atoms with van der Waals surface area (Å²) in [7, 11) is -4.36. The van der Waals surface area contributed by atoms with Crippen LogP contribution in [0, 0.1) is 5.82 Å². The van der Waals surface area contributed by atoms with Crippen LogP contribution in [0.4, 0.5) is 10.1 Å². The zero-order chi connectivity index (χ0) is 21.5. The summed E-state index contributed by atoms with van der Waals surface area (Å²) in [6.45, 7) is 0. The van der Waals surface area contributed by atoms with Gasteiger partial charge in [0.05, 0.1) is 21.7 Å². The van der Waals surface area contributed by atoms with Gasteiger partial charge in [0.2, 0.25) is 0 Å². The normalized spacial score (nSPS) is 11.5. The molecule has 2 heterocycles. The number of anilines is 1. The average Bonchev–Trinajstić information content (AvgIpc) is 2.69. The fourth-order valence-corrected chi connectivity index (χ4v) is 4.29. The van der Waals surface area contributed by atoms with Crippen LogP contribution in [0.25, 0.3) is 22.2 Å². The number of nitrogens with one attached hydrogen (secondary N) is 3. The highest BCUT2D eigenvalue weighted by molar-refractivity contribution is 7.92. The van der Waals surface area contributed by atoms with Crippen LogP contribution in [-0.2, 0) is 10.0 Å². The molecule has 0 unspecified atom stereocenters. The summed E-state index contributed by atoms with van der Waals surface area (Å²) >= 11 is 6.27. The maximum Gasteiger partial charge on any atom is 0.314 e. The van der Waals surface area contributed by atoms with Crippen molar-refractivity contribution >= 4 is 38.3 Å². The molecular formula is C19H12ClFN4O4S. The maximum absolute atomic E-state index is 14.4. The molecule has 2 aromatic carbocycles. The summed E-state index contributed by atoms with van der Waals surface area (Å²) in [4.78, 5) is 30.5. The highest BCUT2D eigenvalue weighted by Crippen LogP contribution is 2.31. The van der Waals surface area contributed by atoms with Crippen LogP contribution in [-0.4, -0.2) is 23.4 Å². The summed E-state index contributed by atoms with van der Waals surface area (Å²) in [5.41, 5.74) is -0.530. The number of pyridine rings is 1. The molecule has 0 aliphatic carbocycles. The summed E-state index contributed by atoms with van der Waals surface area (Å²) in [5, 5.41) is 0.268. The molecule has 8 nitrogen and oxygen atoms in total. The highest BCUT2D eigenvalue weighted by atomic mass is 35.5. The summed E-state index contributed by atoms with van der Waals surface area (Å²) < 4.78 is 42.1. The largest absolute Gasteiger partial charge is 0.316 e. The molecule has 4 rings (SSSR count). The third-order valence-electron chi connectivity index (χ3n) is 4.26. The Kier molecular flexibility index (Phi) is 4.88. The van der Waals surface area contributed by atoms with Gasteiger partial charge in [-0.3, -0.25) is 19.3 Å². The van der Waals surface area contributed by atoms with Crippen molar-refractivity contribution in [2.45, 2.75) is 4.90 Å². The van der Waals surface area contributed by atoms with Crippen molar-refractivity contribution in [2.75, 3.05) is 4.72 Å². The standard InChI is InChI=1S/C19H12ClFN4O4S/c20-13-6-11(3-4-12(13)10-2-1-5-22-9-10)25-30(28,29)17-8-16-15(7-14(17)21)23-18(26)19(27)24-16/h1-9,25H,(H,23,26)(H,24,27). The number of H-pyrrole nitrogens is 2. The molecule has 11 heteroatoms. The van der Waals surface area contributed by atoms with Gasteiger partial charge in [-0.1, -0.05) is 23.7 Å². The van der Waals surface area contributed by atoms with E-state index in [1.807, 2.05) is 0 Å².